The third-order valence-electron chi connectivity index (χ3n) is 7.24. The smallest absolute Gasteiger partial charge is 0.425 e. The van der Waals surface area contributed by atoms with Crippen LogP contribution in [0.25, 0.3) is 21.5 Å². The van der Waals surface area contributed by atoms with Crippen LogP contribution in [0, 0.1) is 0 Å². The van der Waals surface area contributed by atoms with Gasteiger partial charge in [0.15, 0.2) is 11.5 Å². The van der Waals surface area contributed by atoms with Crippen LogP contribution in [-0.4, -0.2) is 71.6 Å². The van der Waals surface area contributed by atoms with Crippen molar-refractivity contribution in [3.63, 3.8) is 0 Å². The molecule has 6 aromatic rings. The van der Waals surface area contributed by atoms with Crippen molar-refractivity contribution >= 4 is 97.1 Å². The van der Waals surface area contributed by atoms with E-state index in [1.165, 1.54) is 18.2 Å². The SMILES string of the molecule is O=S(=O)(O)c1ccc(O)c(N=Nc2c(S(=O)(=O)O)cc3cc(Nc4ccc5c(O)c(N=Nc6ccccc6O)ccc5c4)ccc3c2O)c1.O=S(=O)=O.O=S(=O)=O.[Cu].[Cu]. The molecule has 0 aliphatic rings. The average Bonchev–Trinajstić information content (AvgIpc) is 3.11. The van der Waals surface area contributed by atoms with Gasteiger partial charge < -0.3 is 25.7 Å². The number of nitrogens with one attached hydrogen (secondary N) is 1. The Bertz CT molecular complexity index is 3040. The molecule has 27 heteroatoms. The van der Waals surface area contributed by atoms with Crippen molar-refractivity contribution in [2.45, 2.75) is 9.79 Å². The fraction of sp³-hybridized carbons (Fsp3) is 0. The van der Waals surface area contributed by atoms with Crippen LogP contribution < -0.4 is 5.32 Å². The standard InChI is InChI=1S/C32H23N5O10S2.2Cu.2O3S/c38-27-4-2-1-3-24(27)34-35-25-11-5-17-13-19(6-9-22(17)31(25)40)33-20-7-10-23-18(14-20)15-29(49(45,46)47)30(32(23)41)37-36-26-16-21(48(42,43)44)8-12-28(26)39;;;2*1-4(2)3/h1-16,33,38-41H,(H,42,43,44)(H,45,46,47);;;;. The van der Waals surface area contributed by atoms with Gasteiger partial charge in [-0.15, -0.1) is 45.7 Å². The molecule has 0 saturated carbocycles. The van der Waals surface area contributed by atoms with E-state index in [1.54, 1.807) is 54.6 Å². The second kappa shape index (κ2) is 20.7. The van der Waals surface area contributed by atoms with Crippen molar-refractivity contribution in [2.24, 2.45) is 20.5 Å². The molecule has 0 aliphatic heterocycles. The zero-order chi connectivity index (χ0) is 42.2. The molecule has 0 fully saturated rings. The van der Waals surface area contributed by atoms with Gasteiger partial charge in [-0.25, -0.2) is 0 Å². The van der Waals surface area contributed by atoms with Gasteiger partial charge in [-0.05, 0) is 89.6 Å². The Hall–Kier alpha value is -5.86. The Kier molecular flexibility index (Phi) is 17.3. The predicted octanol–water partition coefficient (Wildman–Crippen LogP) is 5.87. The van der Waals surface area contributed by atoms with E-state index in [1.807, 2.05) is 0 Å². The Morgan fingerprint density at radius 2 is 1.00 bits per heavy atom. The molecule has 0 saturated heterocycles. The summed E-state index contributed by atoms with van der Waals surface area (Å²) >= 11 is 0. The van der Waals surface area contributed by atoms with E-state index in [0.29, 0.717) is 22.1 Å². The summed E-state index contributed by atoms with van der Waals surface area (Å²) in [4.78, 5) is -1.46. The third kappa shape index (κ3) is 13.3. The van der Waals surface area contributed by atoms with Crippen LogP contribution in [0.3, 0.4) is 0 Å². The molecule has 0 bridgehead atoms. The van der Waals surface area contributed by atoms with Gasteiger partial charge >= 0.3 is 21.2 Å². The Morgan fingerprint density at radius 1 is 0.492 bits per heavy atom. The summed E-state index contributed by atoms with van der Waals surface area (Å²) in [6.07, 6.45) is 0. The first-order valence-corrected chi connectivity index (χ1v) is 19.8. The summed E-state index contributed by atoms with van der Waals surface area (Å²) in [6, 6.07) is 22.8. The van der Waals surface area contributed by atoms with Crippen LogP contribution in [0.5, 0.6) is 23.0 Å². The number of fused-ring (bicyclic) bond motifs is 2. The number of phenols is 4. The Labute approximate surface area is 356 Å². The zero-order valence-electron chi connectivity index (χ0n) is 28.5. The van der Waals surface area contributed by atoms with Gasteiger partial charge in [0, 0.05) is 56.3 Å². The van der Waals surface area contributed by atoms with Crippen molar-refractivity contribution < 1.29 is 106 Å². The van der Waals surface area contributed by atoms with Crippen LogP contribution in [0.2, 0.25) is 0 Å². The molecule has 0 amide bonds. The van der Waals surface area contributed by atoms with E-state index in [4.69, 9.17) is 25.3 Å². The number of nitrogens with zero attached hydrogens (tertiary/aromatic N) is 4. The maximum absolute atomic E-state index is 12.3. The van der Waals surface area contributed by atoms with Crippen molar-refractivity contribution in [2.75, 3.05) is 5.32 Å². The predicted molar refractivity (Wildman–Crippen MR) is 198 cm³/mol. The van der Waals surface area contributed by atoms with Crippen LogP contribution in [0.15, 0.2) is 127 Å². The van der Waals surface area contributed by atoms with Gasteiger partial charge in [-0.2, -0.15) is 16.8 Å². The molecule has 0 heterocycles. The molecule has 21 nitrogen and oxygen atoms in total. The van der Waals surface area contributed by atoms with E-state index in [-0.39, 0.29) is 67.8 Å². The summed E-state index contributed by atoms with van der Waals surface area (Å²) in [5.74, 6) is -1.45. The maximum Gasteiger partial charge on any atom is 0.425 e. The van der Waals surface area contributed by atoms with Gasteiger partial charge in [0.05, 0.1) is 4.90 Å². The largest absolute Gasteiger partial charge is 0.506 e. The van der Waals surface area contributed by atoms with E-state index in [2.05, 4.69) is 25.8 Å². The zero-order valence-corrected chi connectivity index (χ0v) is 33.7. The van der Waals surface area contributed by atoms with Gasteiger partial charge in [0.2, 0.25) is 0 Å². The van der Waals surface area contributed by atoms with Crippen LogP contribution in [-0.2, 0) is 75.6 Å². The number of anilines is 2. The number of phenolic OH excluding ortho intramolecular Hbond substituents is 4. The number of benzene rings is 6. The monoisotopic (exact) mass is 987 g/mol. The minimum atomic E-state index is -5.00. The summed E-state index contributed by atoms with van der Waals surface area (Å²) in [5, 5.41) is 61.7. The van der Waals surface area contributed by atoms with Crippen LogP contribution in [0.4, 0.5) is 34.1 Å². The summed E-state index contributed by atoms with van der Waals surface area (Å²) in [7, 11) is -15.9. The minimum Gasteiger partial charge on any atom is -0.506 e. The van der Waals surface area contributed by atoms with E-state index in [9.17, 15) is 46.4 Å². The molecule has 0 aliphatic carbocycles. The molecule has 0 spiro atoms. The van der Waals surface area contributed by atoms with Crippen molar-refractivity contribution in [3.8, 4) is 23.0 Å². The maximum atomic E-state index is 12.3. The molecule has 6 rings (SSSR count). The average molecular weight is 989 g/mol. The van der Waals surface area contributed by atoms with Gasteiger partial charge in [-0.1, -0.05) is 18.2 Å². The summed E-state index contributed by atoms with van der Waals surface area (Å²) in [6.45, 7) is 0. The van der Waals surface area contributed by atoms with E-state index >= 15 is 0 Å². The number of azo groups is 2. The number of aromatic hydroxyl groups is 4. The Morgan fingerprint density at radius 3 is 1.56 bits per heavy atom. The summed E-state index contributed by atoms with van der Waals surface area (Å²) in [5.41, 5.74) is 0.271. The van der Waals surface area contributed by atoms with E-state index in [0.717, 1.165) is 24.3 Å². The second-order valence-electron chi connectivity index (χ2n) is 10.9. The second-order valence-corrected chi connectivity index (χ2v) is 14.5. The first-order chi connectivity index (χ1) is 26.6. The van der Waals surface area contributed by atoms with Crippen LogP contribution in [0.1, 0.15) is 0 Å². The normalized spacial score (nSPS) is 11.1. The number of rotatable bonds is 8. The van der Waals surface area contributed by atoms with Gasteiger partial charge in [-0.3, -0.25) is 9.11 Å². The first kappa shape index (κ1) is 49.3. The van der Waals surface area contributed by atoms with Crippen molar-refractivity contribution in [1.29, 1.82) is 0 Å². The fourth-order valence-electron chi connectivity index (χ4n) is 4.85. The number of para-hydroxylation sites is 1. The quantitative estimate of drug-likeness (QED) is 0.0532. The molecule has 0 aromatic heterocycles. The van der Waals surface area contributed by atoms with Crippen molar-refractivity contribution in [1.82, 2.24) is 0 Å². The van der Waals surface area contributed by atoms with Crippen molar-refractivity contribution in [3.05, 3.63) is 97.1 Å². The third-order valence-corrected chi connectivity index (χ3v) is 8.95. The topological polar surface area (TPSA) is 354 Å². The molecular formula is C32H23Cu2N5O16S4. The molecule has 318 valence electrons. The molecular weight excluding hydrogens is 966 g/mol. The molecule has 59 heavy (non-hydrogen) atoms. The summed E-state index contributed by atoms with van der Waals surface area (Å²) < 4.78 is 117. The minimum absolute atomic E-state index is 0. The first-order valence-electron chi connectivity index (χ1n) is 14.9. The molecule has 2 radical (unpaired) electrons. The van der Waals surface area contributed by atoms with Crippen LogP contribution >= 0.6 is 0 Å². The number of hydrogen-bond donors (Lipinski definition) is 7. The molecule has 0 atom stereocenters. The van der Waals surface area contributed by atoms with Gasteiger partial charge in [0.1, 0.15) is 39.1 Å². The molecule has 7 N–H and O–H groups in total. The fourth-order valence-corrected chi connectivity index (χ4v) is 6.01. The Balaban J connectivity index is 0.00000110. The number of hydrogen-bond acceptors (Lipinski definition) is 19. The molecule has 6 aromatic carbocycles. The van der Waals surface area contributed by atoms with E-state index < -0.39 is 74.1 Å². The van der Waals surface area contributed by atoms with Gasteiger partial charge in [0.25, 0.3) is 20.2 Å². The molecule has 0 unspecified atom stereocenters.